The number of hydrogen-bond acceptors (Lipinski definition) is 0. The van der Waals surface area contributed by atoms with Crippen molar-refractivity contribution in [3.05, 3.63) is 36.5 Å². The maximum absolute atomic E-state index is 5.04. The summed E-state index contributed by atoms with van der Waals surface area (Å²) >= 11 is 0. The second kappa shape index (κ2) is 6.82. The Morgan fingerprint density at radius 1 is 0.857 bits per heavy atom. The Morgan fingerprint density at radius 3 is 1.86 bits per heavy atom. The first kappa shape index (κ1) is 15.5. The topological polar surface area (TPSA) is 0 Å². The molecule has 1 heteroatoms. The largest absolute Gasteiger partial charge is 0.174 e. The van der Waals surface area contributed by atoms with Crippen molar-refractivity contribution < 1.29 is 0 Å². The molecule has 1 aromatic rings. The van der Waals surface area contributed by atoms with E-state index < -0.39 is 7.26 Å². The van der Waals surface area contributed by atoms with Gasteiger partial charge in [0.05, 0.1) is 5.30 Å². The van der Waals surface area contributed by atoms with Gasteiger partial charge in [-0.15, -0.1) is 0 Å². The van der Waals surface area contributed by atoms with Gasteiger partial charge in [-0.2, -0.15) is 6.66 Å². The minimum absolute atomic E-state index is 0.913. The molecule has 2 fully saturated rings. The standard InChI is InChI=1S/C20H31P/c1-17-10-9-15-20(16-17)21(2,18-11-5-3-6-12-18)19-13-7-4-8-14-19/h9-10,15-16,18-19H,2-8,11-14H2,1H3. The van der Waals surface area contributed by atoms with Crippen LogP contribution in [0.3, 0.4) is 0 Å². The van der Waals surface area contributed by atoms with Gasteiger partial charge in [0.2, 0.25) is 0 Å². The van der Waals surface area contributed by atoms with Crippen LogP contribution in [-0.2, 0) is 0 Å². The molecule has 1 aromatic carbocycles. The van der Waals surface area contributed by atoms with Crippen LogP contribution in [0.25, 0.3) is 0 Å². The fourth-order valence-corrected chi connectivity index (χ4v) is 9.51. The van der Waals surface area contributed by atoms with Crippen LogP contribution in [0.1, 0.15) is 69.8 Å². The molecule has 116 valence electrons. The Morgan fingerprint density at radius 2 is 1.38 bits per heavy atom. The molecule has 0 unspecified atom stereocenters. The van der Waals surface area contributed by atoms with E-state index in [1.165, 1.54) is 69.8 Å². The lowest BCUT2D eigenvalue weighted by Crippen LogP contribution is -2.33. The molecule has 2 aliphatic carbocycles. The molecule has 0 saturated heterocycles. The molecular weight excluding hydrogens is 271 g/mol. The molecule has 0 N–H and O–H groups in total. The molecule has 0 nitrogen and oxygen atoms in total. The second-order valence-electron chi connectivity index (χ2n) is 7.35. The molecule has 3 rings (SSSR count). The molecule has 2 saturated carbocycles. The molecule has 0 aromatic heterocycles. The smallest absolute Gasteiger partial charge is 0.0653 e. The first-order chi connectivity index (χ1) is 10.2. The maximum atomic E-state index is 5.04. The SMILES string of the molecule is [CH2-][P+](c1cccc(C)c1)(C1CCCCC1)C1CCCCC1. The summed E-state index contributed by atoms with van der Waals surface area (Å²) < 4.78 is 0. The highest BCUT2D eigenvalue weighted by molar-refractivity contribution is 7.85. The van der Waals surface area contributed by atoms with Gasteiger partial charge in [-0.1, -0.05) is 32.2 Å². The van der Waals surface area contributed by atoms with E-state index >= 15 is 0 Å². The van der Waals surface area contributed by atoms with E-state index in [4.69, 9.17) is 6.66 Å². The van der Waals surface area contributed by atoms with E-state index in [-0.39, 0.29) is 0 Å². The fraction of sp³-hybridized carbons (Fsp3) is 0.650. The Balaban J connectivity index is 1.96. The van der Waals surface area contributed by atoms with Crippen LogP contribution in [0.4, 0.5) is 0 Å². The van der Waals surface area contributed by atoms with Crippen molar-refractivity contribution in [2.75, 3.05) is 0 Å². The first-order valence-electron chi connectivity index (χ1n) is 9.01. The van der Waals surface area contributed by atoms with Gasteiger partial charge in [0.1, 0.15) is 0 Å². The predicted molar refractivity (Wildman–Crippen MR) is 96.8 cm³/mol. The van der Waals surface area contributed by atoms with E-state index in [2.05, 4.69) is 31.2 Å². The monoisotopic (exact) mass is 302 g/mol. The van der Waals surface area contributed by atoms with Crippen molar-refractivity contribution in [1.29, 1.82) is 0 Å². The van der Waals surface area contributed by atoms with Crippen molar-refractivity contribution >= 4 is 12.6 Å². The summed E-state index contributed by atoms with van der Waals surface area (Å²) in [6.45, 7) is 7.28. The van der Waals surface area contributed by atoms with E-state index in [0.29, 0.717) is 0 Å². The lowest BCUT2D eigenvalue weighted by atomic mass is 9.99. The van der Waals surface area contributed by atoms with Gasteiger partial charge in [0.15, 0.2) is 0 Å². The second-order valence-corrected chi connectivity index (χ2v) is 11.2. The molecule has 0 spiro atoms. The number of benzene rings is 1. The van der Waals surface area contributed by atoms with Gasteiger partial charge in [0.25, 0.3) is 0 Å². The predicted octanol–water partition coefficient (Wildman–Crippen LogP) is 6.09. The van der Waals surface area contributed by atoms with E-state index in [1.807, 2.05) is 0 Å². The van der Waals surface area contributed by atoms with E-state index in [9.17, 15) is 0 Å². The molecule has 0 aliphatic heterocycles. The van der Waals surface area contributed by atoms with E-state index in [1.54, 1.807) is 5.30 Å². The average Bonchev–Trinajstić information content (AvgIpc) is 2.56. The van der Waals surface area contributed by atoms with Crippen LogP contribution in [0.5, 0.6) is 0 Å². The van der Waals surface area contributed by atoms with Crippen LogP contribution in [-0.4, -0.2) is 11.3 Å². The maximum Gasteiger partial charge on any atom is 0.0653 e. The molecule has 0 bridgehead atoms. The van der Waals surface area contributed by atoms with E-state index in [0.717, 1.165) is 11.3 Å². The average molecular weight is 302 g/mol. The third kappa shape index (κ3) is 3.21. The summed E-state index contributed by atoms with van der Waals surface area (Å²) in [6.07, 6.45) is 14.5. The summed E-state index contributed by atoms with van der Waals surface area (Å²) in [4.78, 5) is 0. The Bertz CT molecular complexity index is 435. The summed E-state index contributed by atoms with van der Waals surface area (Å²) in [6, 6.07) is 9.41. The minimum atomic E-state index is -1.25. The molecule has 0 heterocycles. The molecule has 2 aliphatic rings. The van der Waals surface area contributed by atoms with Gasteiger partial charge >= 0.3 is 0 Å². The van der Waals surface area contributed by atoms with Crippen LogP contribution in [0, 0.1) is 13.6 Å². The van der Waals surface area contributed by atoms with Gasteiger partial charge < -0.3 is 0 Å². The highest BCUT2D eigenvalue weighted by Crippen LogP contribution is 2.70. The molecule has 21 heavy (non-hydrogen) atoms. The summed E-state index contributed by atoms with van der Waals surface area (Å²) in [5.74, 6) is 0. The van der Waals surface area contributed by atoms with Gasteiger partial charge in [-0.05, 0) is 76.0 Å². The lowest BCUT2D eigenvalue weighted by molar-refractivity contribution is 0.483. The molecular formula is C20H31P. The quantitative estimate of drug-likeness (QED) is 0.468. The van der Waals surface area contributed by atoms with Crippen LogP contribution >= 0.6 is 7.26 Å². The minimum Gasteiger partial charge on any atom is -0.174 e. The zero-order chi connectivity index (χ0) is 14.7. The Kier molecular flexibility index (Phi) is 5.05. The normalized spacial score (nSPS) is 22.4. The Hall–Kier alpha value is -0.350. The van der Waals surface area contributed by atoms with Crippen molar-refractivity contribution in [2.24, 2.45) is 0 Å². The third-order valence-electron chi connectivity index (χ3n) is 5.93. The fourth-order valence-electron chi connectivity index (χ4n) is 4.69. The van der Waals surface area contributed by atoms with Crippen molar-refractivity contribution in [1.82, 2.24) is 0 Å². The number of hydrogen-bond donors (Lipinski definition) is 0. The summed E-state index contributed by atoms with van der Waals surface area (Å²) in [7, 11) is -1.25. The highest BCUT2D eigenvalue weighted by atomic mass is 31.2. The Labute approximate surface area is 132 Å². The zero-order valence-corrected chi connectivity index (χ0v) is 14.6. The number of rotatable bonds is 3. The van der Waals surface area contributed by atoms with Crippen molar-refractivity contribution in [3.63, 3.8) is 0 Å². The number of aryl methyl sites for hydroxylation is 1. The lowest BCUT2D eigenvalue weighted by Gasteiger charge is -2.46. The van der Waals surface area contributed by atoms with Crippen LogP contribution < -0.4 is 5.30 Å². The highest BCUT2D eigenvalue weighted by Gasteiger charge is 2.44. The molecule has 0 atom stereocenters. The summed E-state index contributed by atoms with van der Waals surface area (Å²) in [5.41, 5.74) is 3.25. The van der Waals surface area contributed by atoms with Gasteiger partial charge in [-0.25, -0.2) is 0 Å². The summed E-state index contributed by atoms with van der Waals surface area (Å²) in [5, 5.41) is 1.64. The molecule has 0 radical (unpaired) electrons. The van der Waals surface area contributed by atoms with Gasteiger partial charge in [-0.3, -0.25) is 0 Å². The zero-order valence-electron chi connectivity index (χ0n) is 13.7. The van der Waals surface area contributed by atoms with Crippen molar-refractivity contribution in [3.8, 4) is 0 Å². The van der Waals surface area contributed by atoms with Crippen LogP contribution in [0.15, 0.2) is 24.3 Å². The van der Waals surface area contributed by atoms with Crippen LogP contribution in [0.2, 0.25) is 0 Å². The first-order valence-corrected chi connectivity index (χ1v) is 11.1. The molecule has 0 amide bonds. The van der Waals surface area contributed by atoms with Gasteiger partial charge in [0, 0.05) is 11.3 Å². The third-order valence-corrected chi connectivity index (χ3v) is 10.8. The van der Waals surface area contributed by atoms with Crippen molar-refractivity contribution in [2.45, 2.75) is 82.4 Å².